The Bertz CT molecular complexity index is 735. The van der Waals surface area contributed by atoms with Crippen LogP contribution in [0.1, 0.15) is 30.4 Å². The quantitative estimate of drug-likeness (QED) is 0.685. The summed E-state index contributed by atoms with van der Waals surface area (Å²) in [6.07, 6.45) is 2.79. The molecule has 0 bridgehead atoms. The zero-order chi connectivity index (χ0) is 20.6. The van der Waals surface area contributed by atoms with Crippen LogP contribution in [0.4, 0.5) is 0 Å². The summed E-state index contributed by atoms with van der Waals surface area (Å²) in [4.78, 5) is 2.46. The first-order valence-electron chi connectivity index (χ1n) is 11.1. The molecule has 0 aromatic heterocycles. The van der Waals surface area contributed by atoms with Crippen LogP contribution < -0.4 is 0 Å². The van der Waals surface area contributed by atoms with Crippen molar-refractivity contribution in [3.63, 3.8) is 0 Å². The number of hydrogen-bond acceptors (Lipinski definition) is 5. The van der Waals surface area contributed by atoms with Crippen LogP contribution in [0.15, 0.2) is 60.7 Å². The first-order valence-corrected chi connectivity index (χ1v) is 11.1. The van der Waals surface area contributed by atoms with Gasteiger partial charge in [0.2, 0.25) is 0 Å². The Labute approximate surface area is 179 Å². The SMILES string of the molecule is OC[C@@H]1O[C@H](CN2CCCCC2)[C@@H](OCc2ccccc2)[C@@H]1OCc1ccccc1. The zero-order valence-corrected chi connectivity index (χ0v) is 17.6. The number of rotatable bonds is 9. The summed E-state index contributed by atoms with van der Waals surface area (Å²) >= 11 is 0. The van der Waals surface area contributed by atoms with Crippen LogP contribution >= 0.6 is 0 Å². The molecular weight excluding hydrogens is 378 g/mol. The van der Waals surface area contributed by atoms with E-state index in [1.807, 2.05) is 36.4 Å². The Morgan fingerprint density at radius 1 is 0.767 bits per heavy atom. The average Bonchev–Trinajstić information content (AvgIpc) is 3.14. The van der Waals surface area contributed by atoms with Crippen molar-refractivity contribution in [3.05, 3.63) is 71.8 Å². The monoisotopic (exact) mass is 411 g/mol. The van der Waals surface area contributed by atoms with Gasteiger partial charge in [0.05, 0.1) is 25.9 Å². The molecule has 2 heterocycles. The molecule has 1 N–H and O–H groups in total. The standard InChI is InChI=1S/C25H33NO4/c27-17-23-25(29-19-21-12-6-2-7-13-21)24(28-18-20-10-4-1-5-11-20)22(30-23)16-26-14-8-3-9-15-26/h1-2,4-7,10-13,22-25,27H,3,8-9,14-19H2/t22-,23+,24-,25-/m1/s1. The van der Waals surface area contributed by atoms with E-state index < -0.39 is 0 Å². The maximum absolute atomic E-state index is 9.99. The normalized spacial score (nSPS) is 27.4. The summed E-state index contributed by atoms with van der Waals surface area (Å²) in [5.74, 6) is 0. The predicted molar refractivity (Wildman–Crippen MR) is 116 cm³/mol. The smallest absolute Gasteiger partial charge is 0.115 e. The van der Waals surface area contributed by atoms with Gasteiger partial charge in [0.1, 0.15) is 18.3 Å². The van der Waals surface area contributed by atoms with Crippen LogP contribution in [0, 0.1) is 0 Å². The van der Waals surface area contributed by atoms with Crippen molar-refractivity contribution in [3.8, 4) is 0 Å². The maximum atomic E-state index is 9.99. The number of aliphatic hydroxyl groups is 1. The molecule has 2 aromatic carbocycles. The van der Waals surface area contributed by atoms with E-state index in [2.05, 4.69) is 29.2 Å². The van der Waals surface area contributed by atoms with E-state index in [1.54, 1.807) is 0 Å². The second kappa shape index (κ2) is 11.0. The minimum absolute atomic E-state index is 0.0683. The number of likely N-dealkylation sites (tertiary alicyclic amines) is 1. The Morgan fingerprint density at radius 3 is 1.83 bits per heavy atom. The van der Waals surface area contributed by atoms with Gasteiger partial charge >= 0.3 is 0 Å². The Hall–Kier alpha value is -1.76. The molecule has 2 fully saturated rings. The molecule has 4 rings (SSSR count). The summed E-state index contributed by atoms with van der Waals surface area (Å²) < 4.78 is 18.9. The van der Waals surface area contributed by atoms with Crippen molar-refractivity contribution in [2.24, 2.45) is 0 Å². The molecule has 2 aromatic rings. The van der Waals surface area contributed by atoms with Gasteiger partial charge in [-0.1, -0.05) is 67.1 Å². The van der Waals surface area contributed by atoms with Crippen LogP contribution in [0.2, 0.25) is 0 Å². The molecule has 2 aliphatic heterocycles. The molecule has 0 radical (unpaired) electrons. The van der Waals surface area contributed by atoms with E-state index >= 15 is 0 Å². The summed E-state index contributed by atoms with van der Waals surface area (Å²) in [6, 6.07) is 20.3. The van der Waals surface area contributed by atoms with Crippen molar-refractivity contribution in [2.75, 3.05) is 26.2 Å². The van der Waals surface area contributed by atoms with E-state index in [-0.39, 0.29) is 31.0 Å². The third kappa shape index (κ3) is 5.68. The Morgan fingerprint density at radius 2 is 1.30 bits per heavy atom. The summed E-state index contributed by atoms with van der Waals surface area (Å²) in [5.41, 5.74) is 2.24. The van der Waals surface area contributed by atoms with Crippen molar-refractivity contribution in [1.82, 2.24) is 4.90 Å². The molecule has 30 heavy (non-hydrogen) atoms. The molecule has 162 valence electrons. The number of ether oxygens (including phenoxy) is 3. The fourth-order valence-electron chi connectivity index (χ4n) is 4.43. The first-order chi connectivity index (χ1) is 14.8. The van der Waals surface area contributed by atoms with Gasteiger partial charge in [-0.2, -0.15) is 0 Å². The highest BCUT2D eigenvalue weighted by Crippen LogP contribution is 2.29. The number of piperidine rings is 1. The van der Waals surface area contributed by atoms with Gasteiger partial charge < -0.3 is 24.2 Å². The topological polar surface area (TPSA) is 51.2 Å². The van der Waals surface area contributed by atoms with Crippen LogP contribution in [-0.2, 0) is 27.4 Å². The van der Waals surface area contributed by atoms with Crippen LogP contribution in [0.3, 0.4) is 0 Å². The van der Waals surface area contributed by atoms with E-state index in [0.717, 1.165) is 30.8 Å². The van der Waals surface area contributed by atoms with Gasteiger partial charge in [-0.15, -0.1) is 0 Å². The molecule has 0 spiro atoms. The average molecular weight is 412 g/mol. The largest absolute Gasteiger partial charge is 0.394 e. The molecule has 0 aliphatic carbocycles. The van der Waals surface area contributed by atoms with Gasteiger partial charge in [0.25, 0.3) is 0 Å². The maximum Gasteiger partial charge on any atom is 0.115 e. The first kappa shape index (κ1) is 21.5. The number of nitrogens with zero attached hydrogens (tertiary/aromatic N) is 1. The highest BCUT2D eigenvalue weighted by Gasteiger charge is 2.46. The molecule has 2 saturated heterocycles. The van der Waals surface area contributed by atoms with Crippen molar-refractivity contribution in [1.29, 1.82) is 0 Å². The van der Waals surface area contributed by atoms with Crippen molar-refractivity contribution >= 4 is 0 Å². The Balaban J connectivity index is 1.46. The number of benzene rings is 2. The second-order valence-electron chi connectivity index (χ2n) is 8.28. The lowest BCUT2D eigenvalue weighted by Crippen LogP contribution is -2.44. The van der Waals surface area contributed by atoms with E-state index in [0.29, 0.717) is 13.2 Å². The van der Waals surface area contributed by atoms with E-state index in [1.165, 1.54) is 19.3 Å². The van der Waals surface area contributed by atoms with Gasteiger partial charge in [-0.3, -0.25) is 0 Å². The molecule has 2 aliphatic rings. The molecule has 0 amide bonds. The van der Waals surface area contributed by atoms with Gasteiger partial charge in [0.15, 0.2) is 0 Å². The summed E-state index contributed by atoms with van der Waals surface area (Å²) in [6.45, 7) is 3.94. The van der Waals surface area contributed by atoms with Crippen LogP contribution in [0.5, 0.6) is 0 Å². The molecule has 0 saturated carbocycles. The van der Waals surface area contributed by atoms with E-state index in [9.17, 15) is 5.11 Å². The van der Waals surface area contributed by atoms with Crippen LogP contribution in [-0.4, -0.2) is 60.7 Å². The molecule has 5 nitrogen and oxygen atoms in total. The minimum atomic E-state index is -0.371. The molecular formula is C25H33NO4. The van der Waals surface area contributed by atoms with E-state index in [4.69, 9.17) is 14.2 Å². The third-order valence-corrected chi connectivity index (χ3v) is 6.04. The summed E-state index contributed by atoms with van der Waals surface area (Å²) in [5, 5.41) is 9.99. The van der Waals surface area contributed by atoms with Gasteiger partial charge in [-0.25, -0.2) is 0 Å². The number of aliphatic hydroxyl groups excluding tert-OH is 1. The van der Waals surface area contributed by atoms with Gasteiger partial charge in [0, 0.05) is 6.54 Å². The van der Waals surface area contributed by atoms with Crippen LogP contribution in [0.25, 0.3) is 0 Å². The lowest BCUT2D eigenvalue weighted by Gasteiger charge is -2.31. The lowest BCUT2D eigenvalue weighted by atomic mass is 10.0. The zero-order valence-electron chi connectivity index (χ0n) is 17.6. The molecule has 4 atom stereocenters. The molecule has 0 unspecified atom stereocenters. The fraction of sp³-hybridized carbons (Fsp3) is 0.520. The lowest BCUT2D eigenvalue weighted by molar-refractivity contribution is -0.0845. The highest BCUT2D eigenvalue weighted by atomic mass is 16.6. The minimum Gasteiger partial charge on any atom is -0.394 e. The predicted octanol–water partition coefficient (Wildman–Crippen LogP) is 3.40. The third-order valence-electron chi connectivity index (χ3n) is 6.04. The fourth-order valence-corrected chi connectivity index (χ4v) is 4.43. The van der Waals surface area contributed by atoms with Crippen molar-refractivity contribution < 1.29 is 19.3 Å². The highest BCUT2D eigenvalue weighted by molar-refractivity contribution is 5.14. The summed E-state index contributed by atoms with van der Waals surface area (Å²) in [7, 11) is 0. The molecule has 5 heteroatoms. The van der Waals surface area contributed by atoms with Gasteiger partial charge in [-0.05, 0) is 37.1 Å². The Kier molecular flexibility index (Phi) is 7.89. The number of hydrogen-bond donors (Lipinski definition) is 1. The van der Waals surface area contributed by atoms with Crippen molar-refractivity contribution in [2.45, 2.75) is 56.9 Å². The second-order valence-corrected chi connectivity index (χ2v) is 8.28.